The van der Waals surface area contributed by atoms with Crippen molar-refractivity contribution in [2.24, 2.45) is 0 Å². The predicted molar refractivity (Wildman–Crippen MR) is 58.0 cm³/mol. The van der Waals surface area contributed by atoms with Crippen LogP contribution in [0.1, 0.15) is 27.7 Å². The summed E-state index contributed by atoms with van der Waals surface area (Å²) in [5.41, 5.74) is 0. The summed E-state index contributed by atoms with van der Waals surface area (Å²) in [6.45, 7) is 8.61. The average molecular weight is 202 g/mol. The first kappa shape index (κ1) is 15.4. The van der Waals surface area contributed by atoms with Crippen molar-refractivity contribution in [3.63, 3.8) is 0 Å². The normalized spacial score (nSPS) is 8.43. The van der Waals surface area contributed by atoms with Crippen LogP contribution in [-0.4, -0.2) is 48.8 Å². The SMILES string of the molecule is CCN(C)C(C)=O.CCN(C)C(C)=O. The van der Waals surface area contributed by atoms with E-state index >= 15 is 0 Å². The zero-order valence-electron chi connectivity index (χ0n) is 10.1. The minimum atomic E-state index is 0.127. The zero-order chi connectivity index (χ0) is 11.7. The Kier molecular flexibility index (Phi) is 9.40. The molecule has 0 radical (unpaired) electrons. The molecule has 4 nitrogen and oxygen atoms in total. The van der Waals surface area contributed by atoms with Gasteiger partial charge in [0.1, 0.15) is 0 Å². The third-order valence-corrected chi connectivity index (χ3v) is 2.02. The molecule has 0 aliphatic carbocycles. The van der Waals surface area contributed by atoms with Gasteiger partial charge in [0.05, 0.1) is 0 Å². The molecule has 0 saturated heterocycles. The van der Waals surface area contributed by atoms with Crippen molar-refractivity contribution in [1.29, 1.82) is 0 Å². The second-order valence-corrected chi connectivity index (χ2v) is 3.07. The Morgan fingerprint density at radius 1 is 0.857 bits per heavy atom. The van der Waals surface area contributed by atoms with Crippen molar-refractivity contribution in [1.82, 2.24) is 9.80 Å². The van der Waals surface area contributed by atoms with Gasteiger partial charge in [0.2, 0.25) is 11.8 Å². The second-order valence-electron chi connectivity index (χ2n) is 3.07. The molecule has 0 atom stereocenters. The lowest BCUT2D eigenvalue weighted by Gasteiger charge is -2.09. The van der Waals surface area contributed by atoms with Crippen LogP contribution in [-0.2, 0) is 9.59 Å². The van der Waals surface area contributed by atoms with E-state index in [4.69, 9.17) is 0 Å². The highest BCUT2D eigenvalue weighted by atomic mass is 16.2. The predicted octanol–water partition coefficient (Wildman–Crippen LogP) is 0.969. The number of carbonyl (C=O) groups excluding carboxylic acids is 2. The summed E-state index contributed by atoms with van der Waals surface area (Å²) in [5, 5.41) is 0. The fraction of sp³-hybridized carbons (Fsp3) is 0.800. The van der Waals surface area contributed by atoms with Gasteiger partial charge in [-0.2, -0.15) is 0 Å². The molecule has 0 N–H and O–H groups in total. The fourth-order valence-corrected chi connectivity index (χ4v) is 0.445. The second kappa shape index (κ2) is 8.53. The van der Waals surface area contributed by atoms with Gasteiger partial charge in [-0.3, -0.25) is 9.59 Å². The van der Waals surface area contributed by atoms with E-state index in [-0.39, 0.29) is 11.8 Å². The molecule has 0 aliphatic rings. The van der Waals surface area contributed by atoms with E-state index in [1.807, 2.05) is 13.8 Å². The molecule has 0 aromatic rings. The zero-order valence-corrected chi connectivity index (χ0v) is 10.1. The Balaban J connectivity index is 0. The molecule has 0 rings (SSSR count). The van der Waals surface area contributed by atoms with E-state index in [1.54, 1.807) is 37.7 Å². The van der Waals surface area contributed by atoms with Gasteiger partial charge in [-0.1, -0.05) is 0 Å². The number of amides is 2. The lowest BCUT2D eigenvalue weighted by molar-refractivity contribution is -0.128. The number of rotatable bonds is 2. The van der Waals surface area contributed by atoms with Gasteiger partial charge in [0, 0.05) is 41.0 Å². The standard InChI is InChI=1S/2C5H11NO/c2*1-4-6(3)5(2)7/h2*4H2,1-3H3. The van der Waals surface area contributed by atoms with Crippen molar-refractivity contribution >= 4 is 11.8 Å². The molecule has 2 amide bonds. The van der Waals surface area contributed by atoms with E-state index in [9.17, 15) is 9.59 Å². The Bertz CT molecular complexity index is 161. The van der Waals surface area contributed by atoms with Crippen LogP contribution in [0.3, 0.4) is 0 Å². The van der Waals surface area contributed by atoms with E-state index in [0.717, 1.165) is 13.1 Å². The number of carbonyl (C=O) groups is 2. The summed E-state index contributed by atoms with van der Waals surface area (Å²) >= 11 is 0. The van der Waals surface area contributed by atoms with E-state index < -0.39 is 0 Å². The molecular weight excluding hydrogens is 180 g/mol. The van der Waals surface area contributed by atoms with Crippen LogP contribution in [0.5, 0.6) is 0 Å². The molecule has 0 aromatic carbocycles. The van der Waals surface area contributed by atoms with Gasteiger partial charge in [-0.15, -0.1) is 0 Å². The summed E-state index contributed by atoms with van der Waals surface area (Å²) in [5.74, 6) is 0.255. The minimum Gasteiger partial charge on any atom is -0.346 e. The van der Waals surface area contributed by atoms with Crippen molar-refractivity contribution in [3.8, 4) is 0 Å². The van der Waals surface area contributed by atoms with Gasteiger partial charge >= 0.3 is 0 Å². The number of hydrogen-bond acceptors (Lipinski definition) is 2. The maximum absolute atomic E-state index is 10.3. The monoisotopic (exact) mass is 202 g/mol. The molecule has 0 spiro atoms. The highest BCUT2D eigenvalue weighted by Gasteiger charge is 1.94. The highest BCUT2D eigenvalue weighted by Crippen LogP contribution is 1.78. The molecule has 4 heteroatoms. The lowest BCUT2D eigenvalue weighted by Crippen LogP contribution is -2.22. The summed E-state index contributed by atoms with van der Waals surface area (Å²) in [6.07, 6.45) is 0. The van der Waals surface area contributed by atoms with Crippen molar-refractivity contribution < 1.29 is 9.59 Å². The van der Waals surface area contributed by atoms with Crippen LogP contribution in [0.2, 0.25) is 0 Å². The largest absolute Gasteiger partial charge is 0.346 e. The Labute approximate surface area is 86.9 Å². The molecule has 0 bridgehead atoms. The maximum atomic E-state index is 10.3. The van der Waals surface area contributed by atoms with Gasteiger partial charge in [-0.25, -0.2) is 0 Å². The summed E-state index contributed by atoms with van der Waals surface area (Å²) in [4.78, 5) is 23.9. The lowest BCUT2D eigenvalue weighted by atomic mass is 10.6. The van der Waals surface area contributed by atoms with Crippen LogP contribution in [0.15, 0.2) is 0 Å². The maximum Gasteiger partial charge on any atom is 0.219 e. The minimum absolute atomic E-state index is 0.127. The topological polar surface area (TPSA) is 40.6 Å². The first-order chi connectivity index (χ1) is 6.36. The number of hydrogen-bond donors (Lipinski definition) is 0. The van der Waals surface area contributed by atoms with Gasteiger partial charge in [0.15, 0.2) is 0 Å². The molecule has 84 valence electrons. The Morgan fingerprint density at radius 3 is 1.07 bits per heavy atom. The highest BCUT2D eigenvalue weighted by molar-refractivity contribution is 5.73. The van der Waals surface area contributed by atoms with Crippen molar-refractivity contribution in [3.05, 3.63) is 0 Å². The molecule has 0 saturated carbocycles. The van der Waals surface area contributed by atoms with Crippen LogP contribution in [0.25, 0.3) is 0 Å². The van der Waals surface area contributed by atoms with Crippen LogP contribution in [0.4, 0.5) is 0 Å². The Morgan fingerprint density at radius 2 is 1.07 bits per heavy atom. The van der Waals surface area contributed by atoms with E-state index in [0.29, 0.717) is 0 Å². The smallest absolute Gasteiger partial charge is 0.219 e. The summed E-state index contributed by atoms with van der Waals surface area (Å²) in [7, 11) is 3.56. The van der Waals surface area contributed by atoms with Crippen LogP contribution in [0, 0.1) is 0 Å². The van der Waals surface area contributed by atoms with Gasteiger partial charge < -0.3 is 9.80 Å². The molecular formula is C10H22N2O2. The third-order valence-electron chi connectivity index (χ3n) is 2.02. The first-order valence-electron chi connectivity index (χ1n) is 4.80. The molecule has 0 fully saturated rings. The average Bonchev–Trinajstić information content (AvgIpc) is 2.15. The van der Waals surface area contributed by atoms with Crippen molar-refractivity contribution in [2.45, 2.75) is 27.7 Å². The van der Waals surface area contributed by atoms with Gasteiger partial charge in [0.25, 0.3) is 0 Å². The summed E-state index contributed by atoms with van der Waals surface area (Å²) < 4.78 is 0. The van der Waals surface area contributed by atoms with E-state index in [2.05, 4.69) is 0 Å². The molecule has 0 aliphatic heterocycles. The summed E-state index contributed by atoms with van der Waals surface area (Å²) in [6, 6.07) is 0. The van der Waals surface area contributed by atoms with E-state index in [1.165, 1.54) is 0 Å². The van der Waals surface area contributed by atoms with Crippen LogP contribution >= 0.6 is 0 Å². The Hall–Kier alpha value is -1.06. The quantitative estimate of drug-likeness (QED) is 0.669. The number of nitrogens with zero attached hydrogens (tertiary/aromatic N) is 2. The van der Waals surface area contributed by atoms with Gasteiger partial charge in [-0.05, 0) is 13.8 Å². The first-order valence-corrected chi connectivity index (χ1v) is 4.80. The van der Waals surface area contributed by atoms with Crippen molar-refractivity contribution in [2.75, 3.05) is 27.2 Å². The molecule has 14 heavy (non-hydrogen) atoms. The molecule has 0 unspecified atom stereocenters. The third kappa shape index (κ3) is 9.03. The fourth-order valence-electron chi connectivity index (χ4n) is 0.445. The molecule has 0 heterocycles. The van der Waals surface area contributed by atoms with Crippen LogP contribution < -0.4 is 0 Å². The molecule has 0 aromatic heterocycles.